The molecule has 1 N–H and O–H groups in total. The quantitative estimate of drug-likeness (QED) is 0.387. The van der Waals surface area contributed by atoms with Crippen LogP contribution in [-0.4, -0.2) is 67.3 Å². The average Bonchev–Trinajstić information content (AvgIpc) is 3.54. The SMILES string of the molecule is CC(C)CCN(Cc1c(-c2ccccc2)noc1N1CCOCC1)C[C@H](O)COCc1ccco1. The fourth-order valence-corrected chi connectivity index (χ4v) is 4.22. The first-order chi connectivity index (χ1) is 17.1. The van der Waals surface area contributed by atoms with Crippen LogP contribution in [0.5, 0.6) is 0 Å². The standard InChI is InChI=1S/C27H37N3O5/c1-21(2)10-11-29(17-23(31)19-33-20-24-9-6-14-34-24)18-25-26(22-7-4-3-5-8-22)28-35-27(25)30-12-15-32-16-13-30/h3-9,14,21,23,31H,10-13,15-20H2,1-2H3/t23-/m0/s1. The third-order valence-corrected chi connectivity index (χ3v) is 6.12. The molecule has 0 aliphatic carbocycles. The second-order valence-corrected chi connectivity index (χ2v) is 9.45. The van der Waals surface area contributed by atoms with Crippen LogP contribution < -0.4 is 4.90 Å². The molecule has 3 aromatic rings. The molecule has 8 nitrogen and oxygen atoms in total. The molecule has 3 heterocycles. The lowest BCUT2D eigenvalue weighted by Gasteiger charge is -2.29. The van der Waals surface area contributed by atoms with E-state index in [2.05, 4.69) is 40.9 Å². The van der Waals surface area contributed by atoms with Crippen molar-refractivity contribution in [2.24, 2.45) is 5.92 Å². The molecule has 0 bridgehead atoms. The van der Waals surface area contributed by atoms with Crippen LogP contribution in [0.25, 0.3) is 11.3 Å². The predicted octanol–water partition coefficient (Wildman–Crippen LogP) is 4.20. The Morgan fingerprint density at radius 2 is 1.91 bits per heavy atom. The van der Waals surface area contributed by atoms with Gasteiger partial charge >= 0.3 is 0 Å². The smallest absolute Gasteiger partial charge is 0.232 e. The van der Waals surface area contributed by atoms with Gasteiger partial charge in [-0.05, 0) is 31.0 Å². The Bertz CT molecular complexity index is 984. The Morgan fingerprint density at radius 1 is 1.11 bits per heavy atom. The van der Waals surface area contributed by atoms with Crippen LogP contribution in [0.1, 0.15) is 31.6 Å². The fraction of sp³-hybridized carbons (Fsp3) is 0.519. The maximum Gasteiger partial charge on any atom is 0.232 e. The topological polar surface area (TPSA) is 84.3 Å². The predicted molar refractivity (Wildman–Crippen MR) is 134 cm³/mol. The highest BCUT2D eigenvalue weighted by atomic mass is 16.5. The van der Waals surface area contributed by atoms with Gasteiger partial charge in [0.15, 0.2) is 0 Å². The molecular weight excluding hydrogens is 446 g/mol. The van der Waals surface area contributed by atoms with E-state index in [1.807, 2.05) is 30.3 Å². The zero-order chi connectivity index (χ0) is 24.5. The summed E-state index contributed by atoms with van der Waals surface area (Å²) in [6, 6.07) is 13.8. The molecule has 1 saturated heterocycles. The first kappa shape index (κ1) is 25.4. The van der Waals surface area contributed by atoms with E-state index in [-0.39, 0.29) is 6.61 Å². The Labute approximate surface area is 207 Å². The van der Waals surface area contributed by atoms with Crippen molar-refractivity contribution in [1.29, 1.82) is 0 Å². The fourth-order valence-electron chi connectivity index (χ4n) is 4.22. The van der Waals surface area contributed by atoms with Crippen molar-refractivity contribution >= 4 is 5.88 Å². The number of aromatic nitrogens is 1. The minimum atomic E-state index is -0.621. The molecule has 1 fully saturated rings. The van der Waals surface area contributed by atoms with Gasteiger partial charge in [-0.15, -0.1) is 0 Å². The Hall–Kier alpha value is -2.65. The van der Waals surface area contributed by atoms with Gasteiger partial charge in [0.1, 0.15) is 18.1 Å². The van der Waals surface area contributed by atoms with Crippen molar-refractivity contribution in [1.82, 2.24) is 10.1 Å². The molecular formula is C27H37N3O5. The van der Waals surface area contributed by atoms with E-state index >= 15 is 0 Å². The van der Waals surface area contributed by atoms with Gasteiger partial charge in [0.2, 0.25) is 5.88 Å². The summed E-state index contributed by atoms with van der Waals surface area (Å²) in [7, 11) is 0. The number of benzene rings is 1. The van der Waals surface area contributed by atoms with Crippen LogP contribution in [0.4, 0.5) is 5.88 Å². The molecule has 0 saturated carbocycles. The number of ether oxygens (including phenoxy) is 2. The third-order valence-electron chi connectivity index (χ3n) is 6.12. The maximum absolute atomic E-state index is 10.8. The number of rotatable bonds is 13. The van der Waals surface area contributed by atoms with Crippen LogP contribution in [0, 0.1) is 5.92 Å². The van der Waals surface area contributed by atoms with E-state index in [0.717, 1.165) is 54.5 Å². The van der Waals surface area contributed by atoms with Gasteiger partial charge < -0.3 is 28.4 Å². The summed E-state index contributed by atoms with van der Waals surface area (Å²) < 4.78 is 22.5. The van der Waals surface area contributed by atoms with Crippen molar-refractivity contribution in [2.75, 3.05) is 50.9 Å². The molecule has 1 atom stereocenters. The molecule has 8 heteroatoms. The monoisotopic (exact) mass is 483 g/mol. The summed E-state index contributed by atoms with van der Waals surface area (Å²) >= 11 is 0. The molecule has 35 heavy (non-hydrogen) atoms. The van der Waals surface area contributed by atoms with E-state index in [0.29, 0.717) is 38.8 Å². The molecule has 2 aromatic heterocycles. The van der Waals surface area contributed by atoms with Gasteiger partial charge in [0.25, 0.3) is 0 Å². The largest absolute Gasteiger partial charge is 0.467 e. The number of hydrogen-bond donors (Lipinski definition) is 1. The number of hydrogen-bond acceptors (Lipinski definition) is 8. The van der Waals surface area contributed by atoms with Crippen LogP contribution in [0.3, 0.4) is 0 Å². The van der Waals surface area contributed by atoms with Crippen molar-refractivity contribution < 1.29 is 23.5 Å². The summed E-state index contributed by atoms with van der Waals surface area (Å²) in [5.74, 6) is 2.10. The van der Waals surface area contributed by atoms with E-state index in [1.165, 1.54) is 0 Å². The maximum atomic E-state index is 10.8. The van der Waals surface area contributed by atoms with E-state index in [1.54, 1.807) is 6.26 Å². The zero-order valence-electron chi connectivity index (χ0n) is 20.8. The molecule has 0 unspecified atom stereocenters. The molecule has 1 aromatic carbocycles. The Kier molecular flexibility index (Phi) is 9.36. The molecule has 1 aliphatic rings. The minimum absolute atomic E-state index is 0.240. The summed E-state index contributed by atoms with van der Waals surface area (Å²) in [6.45, 7) is 9.88. The highest BCUT2D eigenvalue weighted by Crippen LogP contribution is 2.33. The number of nitrogens with zero attached hydrogens (tertiary/aromatic N) is 3. The first-order valence-electron chi connectivity index (χ1n) is 12.5. The van der Waals surface area contributed by atoms with Crippen molar-refractivity contribution in [3.63, 3.8) is 0 Å². The molecule has 0 radical (unpaired) electrons. The average molecular weight is 484 g/mol. The summed E-state index contributed by atoms with van der Waals surface area (Å²) in [6.07, 6.45) is 2.03. The summed E-state index contributed by atoms with van der Waals surface area (Å²) in [5.41, 5.74) is 2.92. The molecule has 4 rings (SSSR count). The van der Waals surface area contributed by atoms with Crippen LogP contribution in [0.2, 0.25) is 0 Å². The Morgan fingerprint density at radius 3 is 2.63 bits per heavy atom. The highest BCUT2D eigenvalue weighted by molar-refractivity contribution is 5.68. The van der Waals surface area contributed by atoms with Crippen molar-refractivity contribution in [3.05, 3.63) is 60.1 Å². The van der Waals surface area contributed by atoms with Crippen LogP contribution in [0.15, 0.2) is 57.7 Å². The lowest BCUT2D eigenvalue weighted by atomic mass is 10.1. The lowest BCUT2D eigenvalue weighted by Crippen LogP contribution is -2.38. The minimum Gasteiger partial charge on any atom is -0.467 e. The van der Waals surface area contributed by atoms with Gasteiger partial charge in [-0.1, -0.05) is 49.3 Å². The Balaban J connectivity index is 1.50. The van der Waals surface area contributed by atoms with Gasteiger partial charge in [0, 0.05) is 31.7 Å². The van der Waals surface area contributed by atoms with E-state index in [9.17, 15) is 5.11 Å². The van der Waals surface area contributed by atoms with E-state index in [4.69, 9.17) is 18.4 Å². The van der Waals surface area contributed by atoms with Gasteiger partial charge in [-0.2, -0.15) is 0 Å². The number of morpholine rings is 1. The second-order valence-electron chi connectivity index (χ2n) is 9.45. The molecule has 0 spiro atoms. The van der Waals surface area contributed by atoms with Crippen LogP contribution >= 0.6 is 0 Å². The first-order valence-corrected chi connectivity index (χ1v) is 12.5. The summed E-state index contributed by atoms with van der Waals surface area (Å²) in [5, 5.41) is 15.3. The molecule has 1 aliphatic heterocycles. The summed E-state index contributed by atoms with van der Waals surface area (Å²) in [4.78, 5) is 4.49. The van der Waals surface area contributed by atoms with Crippen LogP contribution in [-0.2, 0) is 22.6 Å². The second kappa shape index (κ2) is 12.9. The molecule has 190 valence electrons. The van der Waals surface area contributed by atoms with Gasteiger partial charge in [-0.3, -0.25) is 4.90 Å². The normalized spacial score (nSPS) is 15.3. The van der Waals surface area contributed by atoms with Crippen molar-refractivity contribution in [2.45, 2.75) is 39.5 Å². The van der Waals surface area contributed by atoms with Gasteiger partial charge in [-0.25, -0.2) is 0 Å². The zero-order valence-corrected chi connectivity index (χ0v) is 20.8. The highest BCUT2D eigenvalue weighted by Gasteiger charge is 2.26. The third kappa shape index (κ3) is 7.41. The lowest BCUT2D eigenvalue weighted by molar-refractivity contribution is 0.00326. The number of anilines is 1. The number of furan rings is 1. The number of aliphatic hydroxyl groups is 1. The van der Waals surface area contributed by atoms with Gasteiger partial charge in [0.05, 0.1) is 37.8 Å². The van der Waals surface area contributed by atoms with Crippen molar-refractivity contribution in [3.8, 4) is 11.3 Å². The van der Waals surface area contributed by atoms with E-state index < -0.39 is 6.10 Å². The molecule has 0 amide bonds. The number of aliphatic hydroxyl groups excluding tert-OH is 1.